The van der Waals surface area contributed by atoms with E-state index in [0.29, 0.717) is 24.3 Å². The van der Waals surface area contributed by atoms with Gasteiger partial charge in [0.2, 0.25) is 11.8 Å². The van der Waals surface area contributed by atoms with E-state index in [-0.39, 0.29) is 30.2 Å². The summed E-state index contributed by atoms with van der Waals surface area (Å²) in [5.74, 6) is -1.49. The molecule has 0 aromatic heterocycles. The Bertz CT molecular complexity index is 1530. The first-order valence-corrected chi connectivity index (χ1v) is 17.2. The van der Waals surface area contributed by atoms with Crippen molar-refractivity contribution in [3.8, 4) is 5.75 Å². The third-order valence-corrected chi connectivity index (χ3v) is 10.4. The lowest BCUT2D eigenvalue weighted by molar-refractivity contribution is -0.162. The molecule has 3 amide bonds. The molecule has 0 aliphatic carbocycles. The van der Waals surface area contributed by atoms with Crippen molar-refractivity contribution in [2.75, 3.05) is 33.2 Å². The Balaban J connectivity index is 1.78. The molecule has 1 aromatic rings. The molecule has 3 aliphatic rings. The Labute approximate surface area is 298 Å². The average Bonchev–Trinajstić information content (AvgIpc) is 3.76. The molecule has 2 saturated heterocycles. The smallest absolute Gasteiger partial charge is 0.409 e. The zero-order chi connectivity index (χ0) is 37.1. The number of epoxide rings is 1. The quantitative estimate of drug-likeness (QED) is 0.308. The Kier molecular flexibility index (Phi) is 12.3. The van der Waals surface area contributed by atoms with E-state index >= 15 is 0 Å². The molecule has 2 fully saturated rings. The first-order chi connectivity index (χ1) is 23.5. The van der Waals surface area contributed by atoms with Crippen LogP contribution in [0.3, 0.4) is 0 Å². The third-order valence-electron chi connectivity index (χ3n) is 9.99. The normalized spacial score (nSPS) is 32.3. The monoisotopic (exact) mass is 719 g/mol. The van der Waals surface area contributed by atoms with E-state index in [9.17, 15) is 24.3 Å². The number of anilines is 1. The number of rotatable bonds is 7. The van der Waals surface area contributed by atoms with Crippen LogP contribution in [0.15, 0.2) is 35.9 Å². The van der Waals surface area contributed by atoms with E-state index in [1.165, 1.54) is 31.1 Å². The zero-order valence-corrected chi connectivity index (χ0v) is 31.0. The number of fused-ring (bicyclic) bond motifs is 5. The highest BCUT2D eigenvalue weighted by molar-refractivity contribution is 6.35. The summed E-state index contributed by atoms with van der Waals surface area (Å²) < 4.78 is 29.1. The van der Waals surface area contributed by atoms with E-state index in [1.807, 2.05) is 19.9 Å². The van der Waals surface area contributed by atoms with Crippen LogP contribution >= 0.6 is 11.6 Å². The van der Waals surface area contributed by atoms with Gasteiger partial charge in [0.05, 0.1) is 25.3 Å². The van der Waals surface area contributed by atoms with Crippen LogP contribution in [-0.4, -0.2) is 104 Å². The van der Waals surface area contributed by atoms with Crippen LogP contribution in [0.2, 0.25) is 5.02 Å². The lowest BCUT2D eigenvalue weighted by atomic mass is 9.83. The number of methoxy groups -OCH3 is 2. The van der Waals surface area contributed by atoms with Crippen molar-refractivity contribution >= 4 is 41.2 Å². The van der Waals surface area contributed by atoms with Crippen LogP contribution < -0.4 is 15.0 Å². The highest BCUT2D eigenvalue weighted by Gasteiger charge is 2.64. The number of hydrogen-bond acceptors (Lipinski definition) is 10. The minimum atomic E-state index is -1.82. The number of amides is 3. The minimum absolute atomic E-state index is 0.0426. The number of hydrogen-bond donors (Lipinski definition) is 2. The molecule has 13 nitrogen and oxygen atoms in total. The molecule has 0 spiro atoms. The maximum absolute atomic E-state index is 14.0. The largest absolute Gasteiger partial charge is 0.495 e. The first kappa shape index (κ1) is 39.1. The Hall–Kier alpha value is -3.65. The SMILES string of the molecule is CCCC(=O)N(C)[C@@H](C)C(=O)O[C@H]1CC(=O)N(C)c2cc(cc(OC)c2Cl)C/C(C)=C/C=C/[C@@H](OC)[C@@]2(O)C[C@@H](OC(=O)N2)[C@@H](C)C2O[C@]21C. The van der Waals surface area contributed by atoms with Crippen molar-refractivity contribution < 1.29 is 48.0 Å². The van der Waals surface area contributed by atoms with Crippen molar-refractivity contribution in [2.24, 2.45) is 5.92 Å². The van der Waals surface area contributed by atoms with Gasteiger partial charge in [0, 0.05) is 40.0 Å². The van der Waals surface area contributed by atoms with Gasteiger partial charge < -0.3 is 38.6 Å². The van der Waals surface area contributed by atoms with Crippen molar-refractivity contribution in [1.82, 2.24) is 10.2 Å². The summed E-state index contributed by atoms with van der Waals surface area (Å²) in [6, 6.07) is 2.65. The number of esters is 1. The van der Waals surface area contributed by atoms with Crippen LogP contribution in [0.5, 0.6) is 5.75 Å². The highest BCUT2D eigenvalue weighted by Crippen LogP contribution is 2.49. The number of halogens is 1. The second-order valence-corrected chi connectivity index (χ2v) is 14.0. The number of likely N-dealkylation sites (N-methyl/N-ethyl adjacent to an activating group) is 1. The number of nitrogens with one attached hydrogen (secondary N) is 1. The van der Waals surface area contributed by atoms with Crippen LogP contribution in [0.4, 0.5) is 10.5 Å². The number of carbonyl (C=O) groups is 4. The maximum Gasteiger partial charge on any atom is 0.409 e. The summed E-state index contributed by atoms with van der Waals surface area (Å²) in [7, 11) is 6.03. The Morgan fingerprint density at radius 2 is 1.96 bits per heavy atom. The molecular formula is C36H50ClN3O10. The Morgan fingerprint density at radius 3 is 2.60 bits per heavy atom. The van der Waals surface area contributed by atoms with Crippen LogP contribution in [-0.2, 0) is 39.8 Å². The number of benzene rings is 1. The summed E-state index contributed by atoms with van der Waals surface area (Å²) in [4.78, 5) is 55.7. The van der Waals surface area contributed by atoms with Gasteiger partial charge in [-0.3, -0.25) is 14.9 Å². The topological polar surface area (TPSA) is 156 Å². The van der Waals surface area contributed by atoms with Gasteiger partial charge in [-0.2, -0.15) is 0 Å². The molecule has 14 heteroatoms. The molecule has 1 aromatic carbocycles. The number of nitrogens with zero attached hydrogens (tertiary/aromatic N) is 2. The van der Waals surface area contributed by atoms with Gasteiger partial charge in [-0.05, 0) is 51.3 Å². The number of ether oxygens (including phenoxy) is 5. The predicted molar refractivity (Wildman–Crippen MR) is 186 cm³/mol. The van der Waals surface area contributed by atoms with E-state index in [4.69, 9.17) is 35.3 Å². The number of aliphatic hydroxyl groups is 1. The van der Waals surface area contributed by atoms with Crippen molar-refractivity contribution in [3.05, 3.63) is 46.5 Å². The second-order valence-electron chi connectivity index (χ2n) is 13.7. The molecule has 8 atom stereocenters. The van der Waals surface area contributed by atoms with Gasteiger partial charge in [-0.25, -0.2) is 9.59 Å². The maximum atomic E-state index is 14.0. The minimum Gasteiger partial charge on any atom is -0.495 e. The molecule has 50 heavy (non-hydrogen) atoms. The van der Waals surface area contributed by atoms with Crippen molar-refractivity contribution in [1.29, 1.82) is 0 Å². The summed E-state index contributed by atoms with van der Waals surface area (Å²) in [6.45, 7) is 8.88. The molecule has 2 N–H and O–H groups in total. The summed E-state index contributed by atoms with van der Waals surface area (Å²) in [5.41, 5.74) is -0.868. The average molecular weight is 720 g/mol. The van der Waals surface area contributed by atoms with Gasteiger partial charge in [0.15, 0.2) is 5.72 Å². The van der Waals surface area contributed by atoms with Gasteiger partial charge in [-0.15, -0.1) is 0 Å². The second kappa shape index (κ2) is 15.7. The van der Waals surface area contributed by atoms with E-state index in [1.54, 1.807) is 52.1 Å². The summed E-state index contributed by atoms with van der Waals surface area (Å²) >= 11 is 6.74. The fraction of sp³-hybridized carbons (Fsp3) is 0.611. The number of alkyl carbamates (subject to hydrolysis) is 1. The molecule has 3 aliphatic heterocycles. The molecule has 1 unspecified atom stereocenters. The third kappa shape index (κ3) is 8.28. The fourth-order valence-corrected chi connectivity index (χ4v) is 6.92. The predicted octanol–water partition coefficient (Wildman–Crippen LogP) is 4.31. The van der Waals surface area contributed by atoms with Gasteiger partial charge in [-0.1, -0.05) is 49.2 Å². The highest BCUT2D eigenvalue weighted by atomic mass is 35.5. The first-order valence-electron chi connectivity index (χ1n) is 16.8. The lowest BCUT2D eigenvalue weighted by Crippen LogP contribution is -2.63. The molecule has 0 saturated carbocycles. The van der Waals surface area contributed by atoms with Crippen molar-refractivity contribution in [2.45, 2.75) is 109 Å². The Morgan fingerprint density at radius 1 is 1.26 bits per heavy atom. The number of allylic oxidation sites excluding steroid dienone is 3. The van der Waals surface area contributed by atoms with Gasteiger partial charge >= 0.3 is 12.1 Å². The summed E-state index contributed by atoms with van der Waals surface area (Å²) in [6.07, 6.45) is 1.91. The van der Waals surface area contributed by atoms with Crippen LogP contribution in [0.1, 0.15) is 65.9 Å². The van der Waals surface area contributed by atoms with Crippen molar-refractivity contribution in [3.63, 3.8) is 0 Å². The van der Waals surface area contributed by atoms with Gasteiger partial charge in [0.1, 0.15) is 40.7 Å². The molecule has 4 bridgehead atoms. The number of carbonyl (C=O) groups excluding carboxylic acids is 4. The van der Waals surface area contributed by atoms with Crippen LogP contribution in [0.25, 0.3) is 0 Å². The molecule has 0 radical (unpaired) electrons. The van der Waals surface area contributed by atoms with E-state index < -0.39 is 65.7 Å². The molecule has 276 valence electrons. The van der Waals surface area contributed by atoms with Gasteiger partial charge in [0.25, 0.3) is 0 Å². The molecular weight excluding hydrogens is 670 g/mol. The van der Waals surface area contributed by atoms with E-state index in [0.717, 1.165) is 11.1 Å². The standard InChI is InChI=1S/C36H50ClN3O10/c1-10-12-29(41)39(6)22(4)33(43)49-28-18-30(42)40(7)24-16-23(17-25(46-8)31(24)37)15-20(2)13-11-14-27(47-9)36(45)19-26(48-34(44)38-36)21(3)32-35(28,5)50-32/h11,13-14,16-17,21-22,26-28,32,45H,10,12,15,18-19H2,1-9H3,(H,38,44)/b14-11+,20-13+/t21-,22+,26-,27-,28+,32?,35+,36+/m1/s1. The lowest BCUT2D eigenvalue weighted by Gasteiger charge is -2.42. The fourth-order valence-electron chi connectivity index (χ4n) is 6.61. The summed E-state index contributed by atoms with van der Waals surface area (Å²) in [5, 5.41) is 14.4. The molecule has 3 heterocycles. The molecule has 4 rings (SSSR count). The van der Waals surface area contributed by atoms with Crippen LogP contribution in [0, 0.1) is 5.92 Å². The van der Waals surface area contributed by atoms with E-state index in [2.05, 4.69) is 5.32 Å². The zero-order valence-electron chi connectivity index (χ0n) is 30.3.